The molecule has 1 aromatic carbocycles. The molecule has 0 saturated carbocycles. The van der Waals surface area contributed by atoms with E-state index in [0.717, 1.165) is 4.31 Å². The lowest BCUT2D eigenvalue weighted by atomic mass is 9.91. The summed E-state index contributed by atoms with van der Waals surface area (Å²) in [5, 5.41) is 9.42. The zero-order valence-corrected chi connectivity index (χ0v) is 13.7. The number of nitrogens with zero attached hydrogens (tertiary/aromatic N) is 1. The highest BCUT2D eigenvalue weighted by atomic mass is 35.5. The lowest BCUT2D eigenvalue weighted by molar-refractivity contribution is -0.149. The fraction of sp³-hybridized carbons (Fsp3) is 0.462. The quantitative estimate of drug-likeness (QED) is 0.907. The van der Waals surface area contributed by atoms with Crippen molar-refractivity contribution in [2.45, 2.75) is 36.6 Å². The Hall–Kier alpha value is -0.820. The SMILES string of the molecule is CC1(C(=O)O)CCCCN1S(=O)(=O)c1c(Cl)cccc1Cl. The zero-order chi connectivity index (χ0) is 15.8. The first-order chi connectivity index (χ1) is 9.71. The smallest absolute Gasteiger partial charge is 0.324 e. The third-order valence-corrected chi connectivity index (χ3v) is 6.73. The van der Waals surface area contributed by atoms with E-state index in [9.17, 15) is 18.3 Å². The van der Waals surface area contributed by atoms with Gasteiger partial charge in [0.15, 0.2) is 0 Å². The highest BCUT2D eigenvalue weighted by Crippen LogP contribution is 2.38. The van der Waals surface area contributed by atoms with E-state index in [4.69, 9.17) is 23.2 Å². The Kier molecular flexibility index (Phi) is 4.54. The molecule has 5 nitrogen and oxygen atoms in total. The van der Waals surface area contributed by atoms with Gasteiger partial charge in [-0.2, -0.15) is 4.31 Å². The van der Waals surface area contributed by atoms with Crippen molar-refractivity contribution in [3.8, 4) is 0 Å². The maximum absolute atomic E-state index is 12.8. The third kappa shape index (κ3) is 2.77. The van der Waals surface area contributed by atoms with Crippen LogP contribution in [0.15, 0.2) is 23.1 Å². The summed E-state index contributed by atoms with van der Waals surface area (Å²) in [5.74, 6) is -1.17. The minimum atomic E-state index is -4.09. The normalized spacial score (nSPS) is 24.0. The van der Waals surface area contributed by atoms with Crippen LogP contribution in [0.3, 0.4) is 0 Å². The lowest BCUT2D eigenvalue weighted by Gasteiger charge is -2.40. The number of carboxylic acids is 1. The highest BCUT2D eigenvalue weighted by Gasteiger charge is 2.48. The molecule has 0 aliphatic carbocycles. The molecule has 1 fully saturated rings. The Morgan fingerprint density at radius 1 is 1.29 bits per heavy atom. The summed E-state index contributed by atoms with van der Waals surface area (Å²) >= 11 is 11.9. The van der Waals surface area contributed by atoms with Crippen LogP contribution in [-0.4, -0.2) is 35.9 Å². The number of carboxylic acid groups (broad SMARTS) is 1. The van der Waals surface area contributed by atoms with Gasteiger partial charge in [0.1, 0.15) is 10.4 Å². The van der Waals surface area contributed by atoms with Crippen LogP contribution in [0.1, 0.15) is 26.2 Å². The van der Waals surface area contributed by atoms with Gasteiger partial charge in [0.25, 0.3) is 0 Å². The van der Waals surface area contributed by atoms with E-state index in [1.807, 2.05) is 0 Å². The van der Waals surface area contributed by atoms with Crippen molar-refractivity contribution in [3.05, 3.63) is 28.2 Å². The summed E-state index contributed by atoms with van der Waals surface area (Å²) in [7, 11) is -4.09. The molecule has 1 unspecified atom stereocenters. The average Bonchev–Trinajstić information content (AvgIpc) is 2.38. The van der Waals surface area contributed by atoms with Crippen molar-refractivity contribution in [2.24, 2.45) is 0 Å². The number of hydrogen-bond acceptors (Lipinski definition) is 3. The topological polar surface area (TPSA) is 74.7 Å². The zero-order valence-electron chi connectivity index (χ0n) is 11.3. The van der Waals surface area contributed by atoms with Gasteiger partial charge in [-0.15, -0.1) is 0 Å². The molecule has 1 heterocycles. The first-order valence-corrected chi connectivity index (χ1v) is 8.61. The van der Waals surface area contributed by atoms with E-state index in [-0.39, 0.29) is 27.9 Å². The molecule has 0 aromatic heterocycles. The molecule has 1 aliphatic heterocycles. The van der Waals surface area contributed by atoms with Crippen LogP contribution < -0.4 is 0 Å². The molecular formula is C13H15Cl2NO4S. The molecule has 116 valence electrons. The summed E-state index contributed by atoms with van der Waals surface area (Å²) in [4.78, 5) is 11.3. The van der Waals surface area contributed by atoms with Crippen molar-refractivity contribution in [2.75, 3.05) is 6.54 Å². The predicted molar refractivity (Wildman–Crippen MR) is 80.2 cm³/mol. The minimum absolute atomic E-state index is 0.0131. The molecule has 1 aliphatic rings. The molecule has 0 spiro atoms. The maximum Gasteiger partial charge on any atom is 0.324 e. The molecule has 21 heavy (non-hydrogen) atoms. The first kappa shape index (κ1) is 16.5. The maximum atomic E-state index is 12.8. The number of piperidine rings is 1. The first-order valence-electron chi connectivity index (χ1n) is 6.41. The van der Waals surface area contributed by atoms with Crippen LogP contribution in [0, 0.1) is 0 Å². The molecule has 8 heteroatoms. The van der Waals surface area contributed by atoms with Gasteiger partial charge in [-0.1, -0.05) is 29.3 Å². The summed E-state index contributed by atoms with van der Waals surface area (Å²) < 4.78 is 26.7. The Morgan fingerprint density at radius 2 is 1.86 bits per heavy atom. The largest absolute Gasteiger partial charge is 0.480 e. The monoisotopic (exact) mass is 351 g/mol. The molecule has 2 rings (SSSR count). The van der Waals surface area contributed by atoms with Gasteiger partial charge in [0.05, 0.1) is 10.0 Å². The number of aliphatic carboxylic acids is 1. The fourth-order valence-corrected chi connectivity index (χ4v) is 5.44. The van der Waals surface area contributed by atoms with Gasteiger partial charge >= 0.3 is 5.97 Å². The lowest BCUT2D eigenvalue weighted by Crippen LogP contribution is -2.57. The minimum Gasteiger partial charge on any atom is -0.480 e. The van der Waals surface area contributed by atoms with Gasteiger partial charge < -0.3 is 5.11 Å². The molecule has 0 bridgehead atoms. The summed E-state index contributed by atoms with van der Waals surface area (Å²) in [6, 6.07) is 4.38. The predicted octanol–water partition coefficient (Wildman–Crippen LogP) is 3.01. The van der Waals surface area contributed by atoms with Crippen LogP contribution >= 0.6 is 23.2 Å². The van der Waals surface area contributed by atoms with Crippen LogP contribution in [0.2, 0.25) is 10.0 Å². The Bertz CT molecular complexity index is 656. The number of rotatable bonds is 3. The van der Waals surface area contributed by atoms with Crippen molar-refractivity contribution in [1.82, 2.24) is 4.31 Å². The standard InChI is InChI=1S/C13H15Cl2NO4S/c1-13(12(17)18)7-2-3-8-16(13)21(19,20)11-9(14)5-4-6-10(11)15/h4-6H,2-3,7-8H2,1H3,(H,17,18). The fourth-order valence-electron chi connectivity index (χ4n) is 2.53. The highest BCUT2D eigenvalue weighted by molar-refractivity contribution is 7.89. The Balaban J connectivity index is 2.59. The van der Waals surface area contributed by atoms with Crippen LogP contribution in [0.5, 0.6) is 0 Å². The van der Waals surface area contributed by atoms with E-state index >= 15 is 0 Å². The van der Waals surface area contributed by atoms with Crippen molar-refractivity contribution in [3.63, 3.8) is 0 Å². The molecule has 1 saturated heterocycles. The van der Waals surface area contributed by atoms with Crippen LogP contribution in [-0.2, 0) is 14.8 Å². The van der Waals surface area contributed by atoms with Crippen molar-refractivity contribution in [1.29, 1.82) is 0 Å². The Labute approximate surface area is 133 Å². The van der Waals surface area contributed by atoms with E-state index in [2.05, 4.69) is 0 Å². The molecule has 0 radical (unpaired) electrons. The van der Waals surface area contributed by atoms with E-state index < -0.39 is 21.5 Å². The second kappa shape index (κ2) is 5.76. The summed E-state index contributed by atoms with van der Waals surface area (Å²) in [5.41, 5.74) is -1.49. The molecule has 0 amide bonds. The average molecular weight is 352 g/mol. The second-order valence-electron chi connectivity index (χ2n) is 5.16. The number of hydrogen-bond donors (Lipinski definition) is 1. The van der Waals surface area contributed by atoms with Crippen LogP contribution in [0.25, 0.3) is 0 Å². The van der Waals surface area contributed by atoms with Crippen LogP contribution in [0.4, 0.5) is 0 Å². The molecule has 1 N–H and O–H groups in total. The van der Waals surface area contributed by atoms with Crippen molar-refractivity contribution >= 4 is 39.2 Å². The Morgan fingerprint density at radius 3 is 2.38 bits per heavy atom. The van der Waals surface area contributed by atoms with E-state index in [0.29, 0.717) is 12.8 Å². The molecule has 1 aromatic rings. The van der Waals surface area contributed by atoms with E-state index in [1.54, 1.807) is 0 Å². The number of benzene rings is 1. The van der Waals surface area contributed by atoms with Gasteiger partial charge in [-0.25, -0.2) is 8.42 Å². The molecule has 1 atom stereocenters. The van der Waals surface area contributed by atoms with Crippen molar-refractivity contribution < 1.29 is 18.3 Å². The van der Waals surface area contributed by atoms with Gasteiger partial charge in [-0.05, 0) is 38.3 Å². The van der Waals surface area contributed by atoms with E-state index in [1.165, 1.54) is 25.1 Å². The van der Waals surface area contributed by atoms with Gasteiger partial charge in [0, 0.05) is 6.54 Å². The van der Waals surface area contributed by atoms with Gasteiger partial charge in [-0.3, -0.25) is 4.79 Å². The van der Waals surface area contributed by atoms with Gasteiger partial charge in [0.2, 0.25) is 10.0 Å². The third-order valence-electron chi connectivity index (χ3n) is 3.75. The summed E-state index contributed by atoms with van der Waals surface area (Å²) in [6.07, 6.45) is 1.51. The summed E-state index contributed by atoms with van der Waals surface area (Å²) in [6.45, 7) is 1.55. The number of sulfonamides is 1. The number of halogens is 2. The number of carbonyl (C=O) groups is 1. The second-order valence-corrected chi connectivity index (χ2v) is 7.78. The molecular weight excluding hydrogens is 337 g/mol.